The number of ketones is 1. The second-order valence-electron chi connectivity index (χ2n) is 12.9. The molecule has 0 heterocycles. The van der Waals surface area contributed by atoms with Gasteiger partial charge in [-0.15, -0.1) is 0 Å². The van der Waals surface area contributed by atoms with Crippen molar-refractivity contribution in [2.24, 2.45) is 34.6 Å². The zero-order valence-electron chi connectivity index (χ0n) is 28.5. The van der Waals surface area contributed by atoms with Gasteiger partial charge >= 0.3 is 0 Å². The van der Waals surface area contributed by atoms with E-state index in [0.29, 0.717) is 6.42 Å². The van der Waals surface area contributed by atoms with E-state index in [2.05, 4.69) is 10.6 Å². The lowest BCUT2D eigenvalue weighted by Crippen LogP contribution is -2.46. The first-order valence-electron chi connectivity index (χ1n) is 14.6. The Bertz CT molecular complexity index is 770. The summed E-state index contributed by atoms with van der Waals surface area (Å²) in [5.41, 5.74) is 9.11. The van der Waals surface area contributed by atoms with E-state index in [4.69, 9.17) is 11.5 Å². The van der Waals surface area contributed by atoms with E-state index in [9.17, 15) is 24.0 Å². The van der Waals surface area contributed by atoms with Crippen LogP contribution >= 0.6 is 0 Å². The quantitative estimate of drug-likeness (QED) is 0.264. The molecule has 0 aromatic heterocycles. The van der Waals surface area contributed by atoms with Crippen LogP contribution in [-0.2, 0) is 24.0 Å². The summed E-state index contributed by atoms with van der Waals surface area (Å²) in [6.45, 7) is 28.5. The van der Waals surface area contributed by atoms with Crippen LogP contribution in [-0.4, -0.2) is 40.5 Å². The van der Waals surface area contributed by atoms with Gasteiger partial charge in [0, 0.05) is 40.7 Å². The van der Waals surface area contributed by atoms with Gasteiger partial charge in [0.15, 0.2) is 0 Å². The Hall–Kier alpha value is -2.45. The minimum atomic E-state index is -0.424. The molecule has 0 bridgehead atoms. The maximum atomic E-state index is 11.5. The fraction of sp³-hybridized carbons (Fsp3) is 0.839. The normalized spacial score (nSPS) is 13.3. The Balaban J connectivity index is -0.000000224. The largest absolute Gasteiger partial charge is 0.369 e. The van der Waals surface area contributed by atoms with Crippen LogP contribution in [0, 0.1) is 23.2 Å². The molecule has 0 aliphatic heterocycles. The first-order valence-corrected chi connectivity index (χ1v) is 14.6. The van der Waals surface area contributed by atoms with Crippen LogP contribution in [0.3, 0.4) is 0 Å². The van der Waals surface area contributed by atoms with Gasteiger partial charge in [0.25, 0.3) is 0 Å². The highest BCUT2D eigenvalue weighted by Crippen LogP contribution is 2.17. The molecule has 0 aliphatic rings. The average molecular weight is 573 g/mol. The molecular weight excluding hydrogens is 508 g/mol. The summed E-state index contributed by atoms with van der Waals surface area (Å²) >= 11 is 0. The first kappa shape index (κ1) is 44.6. The van der Waals surface area contributed by atoms with Crippen molar-refractivity contribution in [3.8, 4) is 0 Å². The molecule has 3 unspecified atom stereocenters. The first-order chi connectivity index (χ1) is 17.8. The maximum absolute atomic E-state index is 11.5. The molecule has 0 aromatic carbocycles. The van der Waals surface area contributed by atoms with Gasteiger partial charge in [0.2, 0.25) is 23.6 Å². The molecule has 0 radical (unpaired) electrons. The Morgan fingerprint density at radius 2 is 1.00 bits per heavy atom. The van der Waals surface area contributed by atoms with Crippen molar-refractivity contribution in [1.29, 1.82) is 0 Å². The predicted molar refractivity (Wildman–Crippen MR) is 166 cm³/mol. The van der Waals surface area contributed by atoms with E-state index >= 15 is 0 Å². The van der Waals surface area contributed by atoms with E-state index in [1.54, 1.807) is 0 Å². The summed E-state index contributed by atoms with van der Waals surface area (Å²) in [6.07, 6.45) is 3.76. The monoisotopic (exact) mass is 572 g/mol. The number of hydrogen-bond acceptors (Lipinski definition) is 5. The minimum Gasteiger partial charge on any atom is -0.369 e. The topological polar surface area (TPSA) is 161 Å². The molecule has 3 atom stereocenters. The van der Waals surface area contributed by atoms with Gasteiger partial charge in [0.1, 0.15) is 5.78 Å². The van der Waals surface area contributed by atoms with Crippen LogP contribution < -0.4 is 22.1 Å². The van der Waals surface area contributed by atoms with Gasteiger partial charge in [0.05, 0.1) is 0 Å². The molecule has 6 N–H and O–H groups in total. The average Bonchev–Trinajstić information content (AvgIpc) is 2.80. The van der Waals surface area contributed by atoms with Crippen molar-refractivity contribution >= 4 is 29.4 Å². The molecular formula is C31H64N4O5. The van der Waals surface area contributed by atoms with E-state index < -0.39 is 5.54 Å². The SMILES string of the molecule is CCC(C)(C)C(N)=O.CCC(C)C(=O)NC(C)(C)C.CCC(C)C(=O)NC(C)(C)CC(C)=O.CCC(C)C(N)=O. The molecule has 9 heteroatoms. The molecule has 0 rings (SSSR count). The molecule has 40 heavy (non-hydrogen) atoms. The van der Waals surface area contributed by atoms with Gasteiger partial charge in [-0.2, -0.15) is 0 Å². The van der Waals surface area contributed by atoms with Crippen LogP contribution in [0.5, 0.6) is 0 Å². The highest BCUT2D eigenvalue weighted by molar-refractivity contribution is 5.81. The van der Waals surface area contributed by atoms with Crippen LogP contribution in [0.2, 0.25) is 0 Å². The lowest BCUT2D eigenvalue weighted by molar-refractivity contribution is -0.127. The highest BCUT2D eigenvalue weighted by Gasteiger charge is 2.24. The standard InChI is InChI=1S/C11H21NO2.C9H19NO.C6H13NO.C5H11NO/c1-6-8(2)10(14)12-11(4,5)7-9(3)13;1-6-7(2)8(11)10-9(3,4)5;1-4-6(2,3)5(7)8;1-3-4(2)5(6)7/h8H,6-7H2,1-5H3,(H,12,14);7H,6H2,1-5H3,(H,10,11);4H2,1-3H3,(H2,7,8);4H,3H2,1-2H3,(H2,6,7). The molecule has 0 aromatic rings. The Labute approximate surface area is 245 Å². The number of rotatable bonds is 11. The third kappa shape index (κ3) is 27.1. The number of Topliss-reactive ketones (excluding diaryl/α,β-unsaturated/α-hetero) is 1. The fourth-order valence-corrected chi connectivity index (χ4v) is 2.36. The fourth-order valence-electron chi connectivity index (χ4n) is 2.36. The molecule has 0 aliphatic carbocycles. The number of hydrogen-bond donors (Lipinski definition) is 4. The zero-order valence-corrected chi connectivity index (χ0v) is 28.5. The minimum absolute atomic E-state index is 0.0150. The van der Waals surface area contributed by atoms with Gasteiger partial charge in [-0.05, 0) is 67.2 Å². The summed E-state index contributed by atoms with van der Waals surface area (Å²) in [6, 6.07) is 0. The van der Waals surface area contributed by atoms with Crippen LogP contribution in [0.4, 0.5) is 0 Å². The van der Waals surface area contributed by atoms with Crippen molar-refractivity contribution in [2.75, 3.05) is 0 Å². The summed E-state index contributed by atoms with van der Waals surface area (Å²) in [4.78, 5) is 54.4. The predicted octanol–water partition coefficient (Wildman–Crippen LogP) is 5.28. The maximum Gasteiger partial charge on any atom is 0.223 e. The summed E-state index contributed by atoms with van der Waals surface area (Å²) in [7, 11) is 0. The van der Waals surface area contributed by atoms with Gasteiger partial charge in [-0.3, -0.25) is 24.0 Å². The molecule has 4 amide bonds. The molecule has 0 fully saturated rings. The smallest absolute Gasteiger partial charge is 0.223 e. The van der Waals surface area contributed by atoms with Crippen LogP contribution in [0.25, 0.3) is 0 Å². The summed E-state index contributed by atoms with van der Waals surface area (Å²) in [5, 5.41) is 5.81. The Morgan fingerprint density at radius 1 is 0.650 bits per heavy atom. The number of amides is 4. The highest BCUT2D eigenvalue weighted by atomic mass is 16.2. The Kier molecular flexibility index (Phi) is 23.8. The van der Waals surface area contributed by atoms with Crippen molar-refractivity contribution in [3.05, 3.63) is 0 Å². The molecule has 0 spiro atoms. The molecule has 238 valence electrons. The van der Waals surface area contributed by atoms with E-state index in [1.165, 1.54) is 6.92 Å². The lowest BCUT2D eigenvalue weighted by atomic mass is 9.90. The number of carbonyl (C=O) groups excluding carboxylic acids is 5. The summed E-state index contributed by atoms with van der Waals surface area (Å²) in [5.74, 6) is 0.0381. The Morgan fingerprint density at radius 3 is 1.18 bits per heavy atom. The van der Waals surface area contributed by atoms with Crippen molar-refractivity contribution in [2.45, 2.75) is 147 Å². The summed E-state index contributed by atoms with van der Waals surface area (Å²) < 4.78 is 0. The second-order valence-corrected chi connectivity index (χ2v) is 12.9. The number of nitrogens with two attached hydrogens (primary N) is 2. The van der Waals surface area contributed by atoms with Gasteiger partial charge < -0.3 is 22.1 Å². The van der Waals surface area contributed by atoms with Crippen LogP contribution in [0.1, 0.15) is 136 Å². The van der Waals surface area contributed by atoms with Crippen molar-refractivity contribution in [3.63, 3.8) is 0 Å². The van der Waals surface area contributed by atoms with Gasteiger partial charge in [-0.25, -0.2) is 0 Å². The molecule has 0 saturated carbocycles. The van der Waals surface area contributed by atoms with Crippen molar-refractivity contribution < 1.29 is 24.0 Å². The van der Waals surface area contributed by atoms with E-state index in [-0.39, 0.29) is 58.1 Å². The van der Waals surface area contributed by atoms with Crippen molar-refractivity contribution in [1.82, 2.24) is 10.6 Å². The number of primary amides is 2. The second kappa shape index (κ2) is 21.3. The van der Waals surface area contributed by atoms with E-state index in [0.717, 1.165) is 25.7 Å². The van der Waals surface area contributed by atoms with E-state index in [1.807, 2.05) is 96.9 Å². The third-order valence-corrected chi connectivity index (χ3v) is 6.42. The third-order valence-electron chi connectivity index (χ3n) is 6.42. The molecule has 0 saturated heterocycles. The van der Waals surface area contributed by atoms with Crippen LogP contribution in [0.15, 0.2) is 0 Å². The van der Waals surface area contributed by atoms with Gasteiger partial charge in [-0.1, -0.05) is 62.3 Å². The zero-order chi connectivity index (χ0) is 33.1. The number of carbonyl (C=O) groups is 5. The lowest BCUT2D eigenvalue weighted by Gasteiger charge is -2.26. The molecule has 9 nitrogen and oxygen atoms in total. The number of nitrogens with one attached hydrogen (secondary N) is 2.